The summed E-state index contributed by atoms with van der Waals surface area (Å²) >= 11 is 3.29. The Morgan fingerprint density at radius 1 is 1.00 bits per heavy atom. The lowest BCUT2D eigenvalue weighted by Gasteiger charge is -2.29. The Labute approximate surface area is 226 Å². The van der Waals surface area contributed by atoms with Gasteiger partial charge < -0.3 is 24.4 Å². The Bertz CT molecular complexity index is 897. The minimum Gasteiger partial charge on any atom is -0.507 e. The van der Waals surface area contributed by atoms with E-state index in [0.29, 0.717) is 17.4 Å². The number of carbonyl (C=O) groups is 1. The molecule has 0 amide bonds. The second kappa shape index (κ2) is 12.3. The summed E-state index contributed by atoms with van der Waals surface area (Å²) in [4.78, 5) is 17.7. The van der Waals surface area contributed by atoms with Crippen LogP contribution >= 0.6 is 16.1 Å². The topological polar surface area (TPSA) is 74.6 Å². The molecule has 2 unspecified atom stereocenters. The van der Waals surface area contributed by atoms with E-state index in [1.54, 1.807) is 14.2 Å². The van der Waals surface area contributed by atoms with Gasteiger partial charge in [0.15, 0.2) is 18.2 Å². The maximum absolute atomic E-state index is 13.7. The molecule has 1 fully saturated rings. The summed E-state index contributed by atoms with van der Waals surface area (Å²) in [7, 11) is 3.28. The fourth-order valence-corrected chi connectivity index (χ4v) is 5.28. The van der Waals surface area contributed by atoms with Gasteiger partial charge in [0.2, 0.25) is 5.96 Å². The van der Waals surface area contributed by atoms with Crippen molar-refractivity contribution in [1.82, 2.24) is 9.80 Å². The molecular weight excluding hydrogens is 522 g/mol. The second-order valence-electron chi connectivity index (χ2n) is 11.8. The third-order valence-corrected chi connectivity index (χ3v) is 7.54. The molecular formula is C28H46BrN3O4. The van der Waals surface area contributed by atoms with Crippen molar-refractivity contribution in [2.75, 3.05) is 27.3 Å². The van der Waals surface area contributed by atoms with E-state index < -0.39 is 6.23 Å². The van der Waals surface area contributed by atoms with Crippen LogP contribution in [0.4, 0.5) is 0 Å². The normalized spacial score (nSPS) is 20.2. The number of rotatable bonds is 10. The van der Waals surface area contributed by atoms with Gasteiger partial charge in [0, 0.05) is 37.5 Å². The second-order valence-corrected chi connectivity index (χ2v) is 12.1. The fraction of sp³-hybridized carbons (Fsp3) is 0.714. The van der Waals surface area contributed by atoms with E-state index in [-0.39, 0.29) is 35.1 Å². The molecule has 1 aliphatic rings. The number of ether oxygens (including phenoxy) is 2. The molecule has 36 heavy (non-hydrogen) atoms. The SMILES string of the molecule is CCC(CC)CCN1C(=NBr)N(CC(=O)c2cc(C(C)(C)C)c(O)c(C(C)(C)C)c2)C(OC)C1OC. The molecule has 1 saturated heterocycles. The summed E-state index contributed by atoms with van der Waals surface area (Å²) < 4.78 is 16.0. The zero-order valence-corrected chi connectivity index (χ0v) is 25.4. The van der Waals surface area contributed by atoms with Crippen LogP contribution < -0.4 is 0 Å². The van der Waals surface area contributed by atoms with Gasteiger partial charge in [0.05, 0.1) is 22.7 Å². The lowest BCUT2D eigenvalue weighted by molar-refractivity contribution is -0.106. The molecule has 0 radical (unpaired) electrons. The van der Waals surface area contributed by atoms with Crippen LogP contribution in [0.3, 0.4) is 0 Å². The van der Waals surface area contributed by atoms with Gasteiger partial charge in [-0.25, -0.2) is 0 Å². The number of Topliss-reactive ketones (excluding diaryl/α,β-unsaturated/α-hetero) is 1. The number of carbonyl (C=O) groups excluding carboxylic acids is 1. The van der Waals surface area contributed by atoms with E-state index in [1.165, 1.54) is 0 Å². The van der Waals surface area contributed by atoms with Crippen LogP contribution in [0.5, 0.6) is 5.75 Å². The smallest absolute Gasteiger partial charge is 0.213 e. The summed E-state index contributed by atoms with van der Waals surface area (Å²) in [5, 5.41) is 11.1. The van der Waals surface area contributed by atoms with Crippen LogP contribution in [0.25, 0.3) is 0 Å². The van der Waals surface area contributed by atoms with Gasteiger partial charge in [-0.05, 0) is 35.3 Å². The van der Waals surface area contributed by atoms with Crippen LogP contribution in [-0.2, 0) is 20.3 Å². The molecule has 0 saturated carbocycles. The van der Waals surface area contributed by atoms with Crippen molar-refractivity contribution in [2.24, 2.45) is 9.94 Å². The molecule has 0 aliphatic carbocycles. The van der Waals surface area contributed by atoms with Crippen molar-refractivity contribution >= 4 is 27.9 Å². The third kappa shape index (κ3) is 6.62. The summed E-state index contributed by atoms with van der Waals surface area (Å²) in [6, 6.07) is 3.66. The van der Waals surface area contributed by atoms with Crippen molar-refractivity contribution in [3.05, 3.63) is 28.8 Å². The maximum atomic E-state index is 13.7. The molecule has 0 spiro atoms. The fourth-order valence-electron chi connectivity index (χ4n) is 4.88. The van der Waals surface area contributed by atoms with Gasteiger partial charge in [-0.2, -0.15) is 4.02 Å². The molecule has 1 aromatic rings. The average Bonchev–Trinajstić information content (AvgIpc) is 3.09. The minimum absolute atomic E-state index is 0.0709. The lowest BCUT2D eigenvalue weighted by atomic mass is 9.78. The Hall–Kier alpha value is -1.64. The Kier molecular flexibility index (Phi) is 10.4. The molecule has 0 bridgehead atoms. The number of phenols is 1. The van der Waals surface area contributed by atoms with Crippen LogP contribution in [0, 0.1) is 5.92 Å². The van der Waals surface area contributed by atoms with Crippen molar-refractivity contribution in [1.29, 1.82) is 0 Å². The predicted molar refractivity (Wildman–Crippen MR) is 150 cm³/mol. The van der Waals surface area contributed by atoms with Crippen molar-refractivity contribution in [2.45, 2.75) is 97.9 Å². The molecule has 0 aromatic heterocycles. The van der Waals surface area contributed by atoms with E-state index in [1.807, 2.05) is 58.6 Å². The summed E-state index contributed by atoms with van der Waals surface area (Å²) in [5.41, 5.74) is 1.45. The van der Waals surface area contributed by atoms with E-state index in [9.17, 15) is 9.90 Å². The zero-order valence-electron chi connectivity index (χ0n) is 23.8. The van der Waals surface area contributed by atoms with Crippen molar-refractivity contribution in [3.8, 4) is 5.75 Å². The van der Waals surface area contributed by atoms with Crippen molar-refractivity contribution < 1.29 is 19.4 Å². The minimum atomic E-state index is -0.488. The maximum Gasteiger partial charge on any atom is 0.213 e. The first-order valence-electron chi connectivity index (χ1n) is 12.9. The Morgan fingerprint density at radius 2 is 1.47 bits per heavy atom. The summed E-state index contributed by atoms with van der Waals surface area (Å²) in [5.74, 6) is 1.42. The molecule has 2 rings (SSSR count). The number of benzene rings is 1. The molecule has 204 valence electrons. The highest BCUT2D eigenvalue weighted by Gasteiger charge is 2.45. The zero-order chi connectivity index (χ0) is 27.4. The molecule has 2 atom stereocenters. The standard InChI is InChI=1S/C28H46BrN3O4/c1-11-18(12-2)13-14-31-24(35-9)25(36-10)32(26(31)30-29)17-22(33)19-15-20(27(3,4)5)23(34)21(16-19)28(6,7)8/h15-16,18,24-25,34H,11-14,17H2,1-10H3. The van der Waals surface area contributed by atoms with Gasteiger partial charge in [-0.1, -0.05) is 68.2 Å². The molecule has 1 aliphatic heterocycles. The van der Waals surface area contributed by atoms with E-state index in [0.717, 1.165) is 36.9 Å². The number of aromatic hydroxyl groups is 1. The van der Waals surface area contributed by atoms with E-state index >= 15 is 0 Å². The number of hydrogen-bond acceptors (Lipinski definition) is 5. The van der Waals surface area contributed by atoms with Gasteiger partial charge >= 0.3 is 0 Å². The molecule has 1 N–H and O–H groups in total. The van der Waals surface area contributed by atoms with Gasteiger partial charge in [0.1, 0.15) is 5.75 Å². The van der Waals surface area contributed by atoms with Crippen LogP contribution in [0.1, 0.15) is 96.1 Å². The number of guanidine groups is 1. The number of ketones is 1. The van der Waals surface area contributed by atoms with E-state index in [2.05, 4.69) is 38.9 Å². The number of methoxy groups -OCH3 is 2. The number of phenolic OH excluding ortho intramolecular Hbond substituents is 1. The highest BCUT2D eigenvalue weighted by molar-refractivity contribution is 9.08. The van der Waals surface area contributed by atoms with Crippen LogP contribution in [-0.4, -0.2) is 66.4 Å². The monoisotopic (exact) mass is 567 g/mol. The molecule has 7 nitrogen and oxygen atoms in total. The number of halogens is 1. The van der Waals surface area contributed by atoms with Gasteiger partial charge in [-0.3, -0.25) is 4.79 Å². The highest BCUT2D eigenvalue weighted by atomic mass is 79.9. The molecule has 8 heteroatoms. The van der Waals surface area contributed by atoms with Gasteiger partial charge in [-0.15, -0.1) is 0 Å². The van der Waals surface area contributed by atoms with Crippen molar-refractivity contribution in [3.63, 3.8) is 0 Å². The number of hydrogen-bond donors (Lipinski definition) is 1. The third-order valence-electron chi connectivity index (χ3n) is 7.23. The average molecular weight is 569 g/mol. The first kappa shape index (κ1) is 30.6. The summed E-state index contributed by atoms with van der Waals surface area (Å²) in [6.07, 6.45) is 2.36. The predicted octanol–water partition coefficient (Wildman–Crippen LogP) is 6.22. The molecule has 1 aromatic carbocycles. The van der Waals surface area contributed by atoms with Crippen LogP contribution in [0.15, 0.2) is 16.2 Å². The van der Waals surface area contributed by atoms with Gasteiger partial charge in [0.25, 0.3) is 0 Å². The first-order chi connectivity index (χ1) is 16.7. The highest BCUT2D eigenvalue weighted by Crippen LogP contribution is 2.40. The summed E-state index contributed by atoms with van der Waals surface area (Å²) in [6.45, 7) is 17.5. The molecule has 1 heterocycles. The largest absolute Gasteiger partial charge is 0.507 e. The first-order valence-corrected chi connectivity index (χ1v) is 13.6. The van der Waals surface area contributed by atoms with E-state index in [4.69, 9.17) is 9.47 Å². The Morgan fingerprint density at radius 3 is 1.86 bits per heavy atom. The van der Waals surface area contributed by atoms with Crippen LogP contribution in [0.2, 0.25) is 0 Å². The number of nitrogens with zero attached hydrogens (tertiary/aromatic N) is 3. The quantitative estimate of drug-likeness (QED) is 0.338. The Balaban J connectivity index is 2.45. The lowest BCUT2D eigenvalue weighted by Crippen LogP contribution is -2.42.